The van der Waals surface area contributed by atoms with E-state index in [-0.39, 0.29) is 17.4 Å². The zero-order chi connectivity index (χ0) is 37.5. The fourth-order valence-electron chi connectivity index (χ4n) is 4.59. The van der Waals surface area contributed by atoms with Crippen LogP contribution in [-0.2, 0) is 30.4 Å². The van der Waals surface area contributed by atoms with Crippen molar-refractivity contribution in [1.82, 2.24) is 20.0 Å². The molecule has 2 heterocycles. The third-order valence-corrected chi connectivity index (χ3v) is 10.4. The molecule has 50 heavy (non-hydrogen) atoms. The number of hydrogen-bond donors (Lipinski definition) is 3. The fourth-order valence-corrected chi connectivity index (χ4v) is 7.75. The van der Waals surface area contributed by atoms with Crippen LogP contribution in [0.4, 0.5) is 13.2 Å². The number of benzene rings is 2. The summed E-state index contributed by atoms with van der Waals surface area (Å²) in [5.41, 5.74) is 4.63. The average molecular weight is 810 g/mol. The summed E-state index contributed by atoms with van der Waals surface area (Å²) < 4.78 is 124. The number of carbonyl (C=O) groups is 1. The van der Waals surface area contributed by atoms with Gasteiger partial charge < -0.3 is 4.18 Å². The van der Waals surface area contributed by atoms with E-state index in [0.29, 0.717) is 32.8 Å². The lowest BCUT2D eigenvalue weighted by atomic mass is 10.2. The Balaban J connectivity index is 0.000000588. The van der Waals surface area contributed by atoms with Crippen LogP contribution in [0.5, 0.6) is 5.75 Å². The lowest BCUT2D eigenvalue weighted by Gasteiger charge is -2.26. The first-order valence-electron chi connectivity index (χ1n) is 14.6. The summed E-state index contributed by atoms with van der Waals surface area (Å²) in [6, 6.07) is 10.7. The molecule has 22 heteroatoms. The molecule has 0 spiro atoms. The number of halogens is 5. The number of nitrogens with one attached hydrogen (secondary N) is 1. The second-order valence-corrected chi connectivity index (χ2v) is 16.6. The van der Waals surface area contributed by atoms with Crippen LogP contribution in [0.3, 0.4) is 0 Å². The van der Waals surface area contributed by atoms with Crippen molar-refractivity contribution in [3.05, 3.63) is 63.9 Å². The number of aromatic nitrogens is 2. The normalized spacial score (nSPS) is 14.5. The van der Waals surface area contributed by atoms with Crippen molar-refractivity contribution in [3.8, 4) is 22.8 Å². The third kappa shape index (κ3) is 13.6. The number of piperidine rings is 1. The van der Waals surface area contributed by atoms with Crippen LogP contribution in [0.1, 0.15) is 48.3 Å². The van der Waals surface area contributed by atoms with Gasteiger partial charge in [-0.2, -0.15) is 38.4 Å². The maximum absolute atomic E-state index is 13.2. The molecule has 0 bridgehead atoms. The van der Waals surface area contributed by atoms with Crippen LogP contribution in [0, 0.1) is 6.92 Å². The van der Waals surface area contributed by atoms with Crippen LogP contribution < -0.4 is 9.61 Å². The number of hydrogen-bond acceptors (Lipinski definition) is 10. The minimum absolute atomic E-state index is 0.0670. The minimum Gasteiger partial charge on any atom is -0.382 e. The maximum Gasteiger partial charge on any atom is 0.389 e. The predicted octanol–water partition coefficient (Wildman–Crippen LogP) is 5.10. The summed E-state index contributed by atoms with van der Waals surface area (Å²) in [4.78, 5) is 17.8. The van der Waals surface area contributed by atoms with E-state index in [1.54, 1.807) is 41.8 Å². The highest BCUT2D eigenvalue weighted by Crippen LogP contribution is 2.34. The van der Waals surface area contributed by atoms with Crippen molar-refractivity contribution >= 4 is 59.5 Å². The van der Waals surface area contributed by atoms with E-state index in [0.717, 1.165) is 32.4 Å². The maximum atomic E-state index is 13.2. The fraction of sp³-hybridized carbons (Fsp3) is 0.429. The van der Waals surface area contributed by atoms with Crippen LogP contribution in [0.15, 0.2) is 42.5 Å². The minimum atomic E-state index is -4.45. The summed E-state index contributed by atoms with van der Waals surface area (Å²) in [7, 11) is -12.8. The second-order valence-electron chi connectivity index (χ2n) is 10.9. The molecule has 0 saturated carbocycles. The predicted molar refractivity (Wildman–Crippen MR) is 179 cm³/mol. The highest BCUT2D eigenvalue weighted by atomic mass is 35.5. The van der Waals surface area contributed by atoms with E-state index in [9.17, 15) is 43.2 Å². The van der Waals surface area contributed by atoms with Gasteiger partial charge in [0.05, 0.1) is 28.0 Å². The smallest absolute Gasteiger partial charge is 0.382 e. The lowest BCUT2D eigenvalue weighted by molar-refractivity contribution is -0.134. The third-order valence-electron chi connectivity index (χ3n) is 6.88. The Morgan fingerprint density at radius 3 is 2.02 bits per heavy atom. The van der Waals surface area contributed by atoms with Crippen molar-refractivity contribution in [2.75, 3.05) is 30.3 Å². The number of imidazole rings is 1. The average Bonchev–Trinajstić information content (AvgIpc) is 3.32. The Hall–Kier alpha value is -2.98. The van der Waals surface area contributed by atoms with Crippen LogP contribution in [-0.4, -0.2) is 91.4 Å². The molecule has 2 aromatic carbocycles. The number of carbonyl (C=O) groups excluding carboxylic acids is 1. The zero-order valence-corrected chi connectivity index (χ0v) is 30.2. The number of nitrogens with zero attached hydrogens (tertiary/aromatic N) is 3. The van der Waals surface area contributed by atoms with Crippen molar-refractivity contribution < 1.29 is 56.5 Å². The van der Waals surface area contributed by atoms with Gasteiger partial charge in [-0.1, -0.05) is 29.6 Å². The van der Waals surface area contributed by atoms with Crippen LogP contribution in [0.25, 0.3) is 17.1 Å². The number of alkyl halides is 3. The van der Waals surface area contributed by atoms with Gasteiger partial charge in [0.15, 0.2) is 5.69 Å². The highest BCUT2D eigenvalue weighted by molar-refractivity contribution is 7.89. The Bertz CT molecular complexity index is 1960. The molecule has 3 N–H and O–H groups in total. The monoisotopic (exact) mass is 808 g/mol. The summed E-state index contributed by atoms with van der Waals surface area (Å²) in [6.45, 7) is 3.20. The van der Waals surface area contributed by atoms with Gasteiger partial charge in [-0.3, -0.25) is 23.9 Å². The summed E-state index contributed by atoms with van der Waals surface area (Å²) in [5.74, 6) is -2.82. The Labute approximate surface area is 297 Å². The van der Waals surface area contributed by atoms with Crippen molar-refractivity contribution in [1.29, 1.82) is 0 Å². The molecule has 1 amide bonds. The molecule has 4 rings (SSSR count). The van der Waals surface area contributed by atoms with Gasteiger partial charge in [-0.15, -0.1) is 0 Å². The molecule has 278 valence electrons. The van der Waals surface area contributed by atoms with Crippen molar-refractivity contribution in [2.24, 2.45) is 0 Å². The zero-order valence-electron chi connectivity index (χ0n) is 26.2. The largest absolute Gasteiger partial charge is 0.389 e. The molecular formula is C28H33Cl2F3N4O10S3. The van der Waals surface area contributed by atoms with E-state index in [1.165, 1.54) is 12.1 Å². The molecule has 0 unspecified atom stereocenters. The van der Waals surface area contributed by atoms with E-state index in [4.69, 9.17) is 36.5 Å². The van der Waals surface area contributed by atoms with E-state index in [1.807, 2.05) is 5.01 Å². The van der Waals surface area contributed by atoms with Gasteiger partial charge in [0.25, 0.3) is 26.1 Å². The van der Waals surface area contributed by atoms with E-state index >= 15 is 0 Å². The topological polar surface area (TPSA) is 202 Å². The summed E-state index contributed by atoms with van der Waals surface area (Å²) >= 11 is 12.6. The molecule has 1 aromatic heterocycles. The molecule has 14 nitrogen and oxygen atoms in total. The van der Waals surface area contributed by atoms with E-state index < -0.39 is 66.6 Å². The van der Waals surface area contributed by atoms with Gasteiger partial charge >= 0.3 is 16.3 Å². The molecule has 0 atom stereocenters. The molecule has 0 radical (unpaired) electrons. The molecule has 1 aliphatic rings. The van der Waals surface area contributed by atoms with Gasteiger partial charge in [0, 0.05) is 35.8 Å². The summed E-state index contributed by atoms with van der Waals surface area (Å²) in [5, 5.41) is 2.59. The van der Waals surface area contributed by atoms with Crippen LogP contribution in [0.2, 0.25) is 10.0 Å². The highest BCUT2D eigenvalue weighted by Gasteiger charge is 2.28. The molecule has 1 fully saturated rings. The number of hydrazine groups is 1. The first-order valence-corrected chi connectivity index (χ1v) is 20.2. The Morgan fingerprint density at radius 2 is 1.50 bits per heavy atom. The van der Waals surface area contributed by atoms with Crippen LogP contribution >= 0.6 is 23.2 Å². The Morgan fingerprint density at radius 1 is 0.920 bits per heavy atom. The first-order chi connectivity index (χ1) is 23.0. The molecular weight excluding hydrogens is 776 g/mol. The quantitative estimate of drug-likeness (QED) is 0.162. The van der Waals surface area contributed by atoms with E-state index in [2.05, 4.69) is 10.4 Å². The van der Waals surface area contributed by atoms with Gasteiger partial charge in [0.2, 0.25) is 0 Å². The van der Waals surface area contributed by atoms with Crippen molar-refractivity contribution in [2.45, 2.75) is 45.2 Å². The SMILES string of the molecule is Cc1c(C(=O)NN2CCCCC2)nc(-c2ccc(Cl)cc2Cl)n1-c1ccc(OS(=O)(=O)CCCC(F)(F)F)cc1.O=S(=O)(O)CCS(=O)(=O)O. The van der Waals surface area contributed by atoms with Gasteiger partial charge in [-0.05, 0) is 68.7 Å². The molecule has 3 aromatic rings. The lowest BCUT2D eigenvalue weighted by Crippen LogP contribution is -2.45. The first kappa shape index (κ1) is 41.4. The Kier molecular flexibility index (Phi) is 14.1. The molecule has 0 aliphatic carbocycles. The standard InChI is InChI=1S/C26H27Cl2F3N4O4S.C2H6O6S2/c1-17-23(25(36)33-34-13-3-2-4-14-34)32-24(21-11-6-18(27)16-22(21)28)35(17)19-7-9-20(10-8-19)39-40(37,38)15-5-12-26(29,30)31;3-9(4,5)1-2-10(6,7)8/h6-11,16H,2-5,12-15H2,1H3,(H,33,36);1-2H2,(H,3,4,5)(H,6,7,8). The molecule has 1 saturated heterocycles. The molecule has 1 aliphatic heterocycles. The second kappa shape index (κ2) is 17.0. The number of rotatable bonds is 12. The van der Waals surface area contributed by atoms with Gasteiger partial charge in [-0.25, -0.2) is 9.99 Å². The summed E-state index contributed by atoms with van der Waals surface area (Å²) in [6.07, 6.45) is -3.22. The van der Waals surface area contributed by atoms with Gasteiger partial charge in [0.1, 0.15) is 11.6 Å². The van der Waals surface area contributed by atoms with Crippen molar-refractivity contribution in [3.63, 3.8) is 0 Å². The number of amides is 1.